The molecular formula is C13H19Cl2N. The molecule has 0 aliphatic carbocycles. The fourth-order valence-corrected chi connectivity index (χ4v) is 2.22. The average Bonchev–Trinajstić information content (AvgIpc) is 2.24. The van der Waals surface area contributed by atoms with Gasteiger partial charge in [0.05, 0.1) is 0 Å². The van der Waals surface area contributed by atoms with Crippen molar-refractivity contribution < 1.29 is 0 Å². The molecule has 0 spiro atoms. The fourth-order valence-electron chi connectivity index (χ4n) is 1.67. The second-order valence-electron chi connectivity index (χ2n) is 4.21. The molecule has 0 bridgehead atoms. The lowest BCUT2D eigenvalue weighted by atomic mass is 10.0. The summed E-state index contributed by atoms with van der Waals surface area (Å²) < 4.78 is 0. The maximum atomic E-state index is 6.13. The van der Waals surface area contributed by atoms with E-state index in [1.807, 2.05) is 18.2 Å². The third-order valence-corrected chi connectivity index (χ3v) is 3.24. The Morgan fingerprint density at radius 3 is 2.44 bits per heavy atom. The van der Waals surface area contributed by atoms with Gasteiger partial charge >= 0.3 is 0 Å². The highest BCUT2D eigenvalue weighted by Gasteiger charge is 2.09. The Labute approximate surface area is 108 Å². The van der Waals surface area contributed by atoms with Gasteiger partial charge in [0.2, 0.25) is 0 Å². The zero-order valence-corrected chi connectivity index (χ0v) is 11.4. The van der Waals surface area contributed by atoms with E-state index in [1.165, 1.54) is 6.42 Å². The standard InChI is InChI=1S/C13H19Cl2N/c1-3-7-16-9-10(2)8-11-12(14)5-4-6-13(11)15/h4-6,10,16H,3,7-9H2,1-2H3. The molecule has 0 aromatic heterocycles. The number of hydrogen-bond acceptors (Lipinski definition) is 1. The summed E-state index contributed by atoms with van der Waals surface area (Å²) in [6, 6.07) is 5.68. The molecule has 0 aliphatic rings. The number of hydrogen-bond donors (Lipinski definition) is 1. The van der Waals surface area contributed by atoms with Crippen molar-refractivity contribution in [3.05, 3.63) is 33.8 Å². The summed E-state index contributed by atoms with van der Waals surface area (Å²) in [4.78, 5) is 0. The maximum Gasteiger partial charge on any atom is 0.0452 e. The summed E-state index contributed by atoms with van der Waals surface area (Å²) >= 11 is 12.3. The maximum absolute atomic E-state index is 6.13. The first-order valence-electron chi connectivity index (χ1n) is 5.78. The molecule has 1 atom stereocenters. The Morgan fingerprint density at radius 1 is 1.25 bits per heavy atom. The van der Waals surface area contributed by atoms with E-state index in [0.29, 0.717) is 5.92 Å². The van der Waals surface area contributed by atoms with E-state index in [9.17, 15) is 0 Å². The zero-order chi connectivity index (χ0) is 12.0. The van der Waals surface area contributed by atoms with Crippen molar-refractivity contribution in [2.24, 2.45) is 5.92 Å². The fraction of sp³-hybridized carbons (Fsp3) is 0.538. The first-order chi connectivity index (χ1) is 7.65. The average molecular weight is 260 g/mol. The van der Waals surface area contributed by atoms with Crippen LogP contribution in [0, 0.1) is 5.92 Å². The summed E-state index contributed by atoms with van der Waals surface area (Å²) in [5.41, 5.74) is 1.07. The first-order valence-corrected chi connectivity index (χ1v) is 6.54. The third-order valence-electron chi connectivity index (χ3n) is 2.53. The van der Waals surface area contributed by atoms with E-state index in [-0.39, 0.29) is 0 Å². The predicted octanol–water partition coefficient (Wildman–Crippen LogP) is 4.17. The van der Waals surface area contributed by atoms with E-state index in [4.69, 9.17) is 23.2 Å². The highest BCUT2D eigenvalue weighted by atomic mass is 35.5. The molecule has 0 saturated carbocycles. The van der Waals surface area contributed by atoms with Crippen molar-refractivity contribution in [2.45, 2.75) is 26.7 Å². The van der Waals surface area contributed by atoms with Gasteiger partial charge in [0.15, 0.2) is 0 Å². The first kappa shape index (κ1) is 13.8. The van der Waals surface area contributed by atoms with Crippen LogP contribution in [-0.4, -0.2) is 13.1 Å². The smallest absolute Gasteiger partial charge is 0.0452 e. The highest BCUT2D eigenvalue weighted by Crippen LogP contribution is 2.26. The number of benzene rings is 1. The second-order valence-corrected chi connectivity index (χ2v) is 5.03. The van der Waals surface area contributed by atoms with Crippen LogP contribution in [0.25, 0.3) is 0 Å². The molecule has 3 heteroatoms. The van der Waals surface area contributed by atoms with Gasteiger partial charge in [-0.05, 0) is 49.5 Å². The van der Waals surface area contributed by atoms with Gasteiger partial charge in [-0.25, -0.2) is 0 Å². The van der Waals surface area contributed by atoms with Crippen LogP contribution in [-0.2, 0) is 6.42 Å². The lowest BCUT2D eigenvalue weighted by Crippen LogP contribution is -2.23. The van der Waals surface area contributed by atoms with E-state index in [2.05, 4.69) is 19.2 Å². The topological polar surface area (TPSA) is 12.0 Å². The minimum absolute atomic E-state index is 0.545. The van der Waals surface area contributed by atoms with Gasteiger partial charge in [-0.1, -0.05) is 43.1 Å². The Hall–Kier alpha value is -0.240. The molecule has 1 aromatic carbocycles. The van der Waals surface area contributed by atoms with Gasteiger partial charge in [0.25, 0.3) is 0 Å². The van der Waals surface area contributed by atoms with Crippen LogP contribution in [0.5, 0.6) is 0 Å². The monoisotopic (exact) mass is 259 g/mol. The molecule has 0 aliphatic heterocycles. The Balaban J connectivity index is 2.52. The summed E-state index contributed by atoms with van der Waals surface area (Å²) in [6.07, 6.45) is 2.09. The lowest BCUT2D eigenvalue weighted by molar-refractivity contribution is 0.511. The molecule has 0 amide bonds. The Bertz CT molecular complexity index is 305. The molecule has 1 N–H and O–H groups in total. The van der Waals surface area contributed by atoms with E-state index in [0.717, 1.165) is 35.1 Å². The molecular weight excluding hydrogens is 241 g/mol. The van der Waals surface area contributed by atoms with Crippen LogP contribution in [0.4, 0.5) is 0 Å². The second kappa shape index (κ2) is 7.16. The molecule has 0 fully saturated rings. The summed E-state index contributed by atoms with van der Waals surface area (Å²) in [7, 11) is 0. The molecule has 0 radical (unpaired) electrons. The molecule has 0 saturated heterocycles. The zero-order valence-electron chi connectivity index (χ0n) is 9.89. The minimum atomic E-state index is 0.545. The Morgan fingerprint density at radius 2 is 1.88 bits per heavy atom. The van der Waals surface area contributed by atoms with Crippen molar-refractivity contribution in [3.63, 3.8) is 0 Å². The minimum Gasteiger partial charge on any atom is -0.316 e. The molecule has 1 nitrogen and oxygen atoms in total. The van der Waals surface area contributed by atoms with Crippen molar-refractivity contribution >= 4 is 23.2 Å². The SMILES string of the molecule is CCCNCC(C)Cc1c(Cl)cccc1Cl. The highest BCUT2D eigenvalue weighted by molar-refractivity contribution is 6.35. The summed E-state index contributed by atoms with van der Waals surface area (Å²) in [5, 5.41) is 4.95. The van der Waals surface area contributed by atoms with Gasteiger partial charge in [-0.15, -0.1) is 0 Å². The predicted molar refractivity (Wildman–Crippen MR) is 72.5 cm³/mol. The number of nitrogens with one attached hydrogen (secondary N) is 1. The van der Waals surface area contributed by atoms with Crippen molar-refractivity contribution in [1.29, 1.82) is 0 Å². The molecule has 16 heavy (non-hydrogen) atoms. The van der Waals surface area contributed by atoms with Gasteiger partial charge in [-0.3, -0.25) is 0 Å². The molecule has 1 unspecified atom stereocenters. The van der Waals surface area contributed by atoms with Crippen LogP contribution >= 0.6 is 23.2 Å². The van der Waals surface area contributed by atoms with Crippen molar-refractivity contribution in [2.75, 3.05) is 13.1 Å². The lowest BCUT2D eigenvalue weighted by Gasteiger charge is -2.14. The molecule has 0 heterocycles. The number of rotatable bonds is 6. The van der Waals surface area contributed by atoms with Crippen LogP contribution < -0.4 is 5.32 Å². The normalized spacial score (nSPS) is 12.8. The van der Waals surface area contributed by atoms with Gasteiger partial charge in [-0.2, -0.15) is 0 Å². The van der Waals surface area contributed by atoms with E-state index >= 15 is 0 Å². The quantitative estimate of drug-likeness (QED) is 0.757. The van der Waals surface area contributed by atoms with Crippen LogP contribution in [0.15, 0.2) is 18.2 Å². The molecule has 90 valence electrons. The largest absolute Gasteiger partial charge is 0.316 e. The van der Waals surface area contributed by atoms with Crippen LogP contribution in [0.3, 0.4) is 0 Å². The number of halogens is 2. The van der Waals surface area contributed by atoms with Gasteiger partial charge in [0, 0.05) is 10.0 Å². The Kier molecular flexibility index (Phi) is 6.18. The van der Waals surface area contributed by atoms with Crippen LogP contribution in [0.2, 0.25) is 10.0 Å². The molecule has 1 rings (SSSR count). The van der Waals surface area contributed by atoms with Crippen LogP contribution in [0.1, 0.15) is 25.8 Å². The van der Waals surface area contributed by atoms with Crippen molar-refractivity contribution in [3.8, 4) is 0 Å². The van der Waals surface area contributed by atoms with Gasteiger partial charge in [0.1, 0.15) is 0 Å². The third kappa shape index (κ3) is 4.32. The van der Waals surface area contributed by atoms with Gasteiger partial charge < -0.3 is 5.32 Å². The molecule has 1 aromatic rings. The van der Waals surface area contributed by atoms with E-state index in [1.54, 1.807) is 0 Å². The van der Waals surface area contributed by atoms with Crippen molar-refractivity contribution in [1.82, 2.24) is 5.32 Å². The van der Waals surface area contributed by atoms with E-state index < -0.39 is 0 Å². The summed E-state index contributed by atoms with van der Waals surface area (Å²) in [5.74, 6) is 0.545. The summed E-state index contributed by atoms with van der Waals surface area (Å²) in [6.45, 7) is 6.46.